The molecule has 1 saturated heterocycles. The van der Waals surface area contributed by atoms with Crippen LogP contribution < -0.4 is 4.74 Å². The highest BCUT2D eigenvalue weighted by Gasteiger charge is 2.44. The normalized spacial score (nSPS) is 30.9. The second kappa shape index (κ2) is 7.17. The van der Waals surface area contributed by atoms with Gasteiger partial charge in [-0.15, -0.1) is 0 Å². The minimum Gasteiger partial charge on any atom is -0.462 e. The molecule has 0 unspecified atom stereocenters. The van der Waals surface area contributed by atoms with Crippen LogP contribution in [-0.2, 0) is 11.3 Å². The Hall–Kier alpha value is -1.82. The molecule has 10 nitrogen and oxygen atoms in total. The van der Waals surface area contributed by atoms with Gasteiger partial charge in [0, 0.05) is 17.7 Å². The van der Waals surface area contributed by atoms with E-state index in [-0.39, 0.29) is 17.0 Å². The third kappa shape index (κ3) is 3.58. The number of hydrogen-bond donors (Lipinski definition) is 5. The van der Waals surface area contributed by atoms with Crippen molar-refractivity contribution in [1.29, 1.82) is 0 Å². The zero-order valence-electron chi connectivity index (χ0n) is 11.8. The summed E-state index contributed by atoms with van der Waals surface area (Å²) in [7, 11) is 0. The molecule has 1 aromatic rings. The van der Waals surface area contributed by atoms with Crippen molar-refractivity contribution in [2.45, 2.75) is 37.3 Å². The molecule has 0 saturated carbocycles. The van der Waals surface area contributed by atoms with E-state index in [9.17, 15) is 30.5 Å². The van der Waals surface area contributed by atoms with Crippen LogP contribution in [0.5, 0.6) is 5.75 Å². The van der Waals surface area contributed by atoms with E-state index in [4.69, 9.17) is 14.6 Å². The van der Waals surface area contributed by atoms with Crippen LogP contribution in [0, 0.1) is 10.1 Å². The maximum atomic E-state index is 10.7. The van der Waals surface area contributed by atoms with Crippen LogP contribution in [0.25, 0.3) is 0 Å². The van der Waals surface area contributed by atoms with Gasteiger partial charge in [-0.05, 0) is 6.07 Å². The molecule has 1 heterocycles. The molecule has 2 rings (SSSR count). The smallest absolute Gasteiger partial charge is 0.270 e. The number of benzene rings is 1. The van der Waals surface area contributed by atoms with Crippen LogP contribution in [0.1, 0.15) is 5.56 Å². The van der Waals surface area contributed by atoms with Gasteiger partial charge in [-0.1, -0.05) is 0 Å². The highest BCUT2D eigenvalue weighted by Crippen LogP contribution is 2.29. The Morgan fingerprint density at radius 2 is 1.87 bits per heavy atom. The fourth-order valence-electron chi connectivity index (χ4n) is 2.21. The summed E-state index contributed by atoms with van der Waals surface area (Å²) in [5.74, 6) is 0.00225. The highest BCUT2D eigenvalue weighted by atomic mass is 16.7. The predicted molar refractivity (Wildman–Crippen MR) is 73.4 cm³/mol. The molecule has 23 heavy (non-hydrogen) atoms. The number of ether oxygens (including phenoxy) is 2. The standard InChI is InChI=1S/C13H17NO9/c15-4-6-3-7(14(20)21)1-2-8(6)22-13-12(19)11(18)10(17)9(5-16)23-13/h1-3,9-13,15-19H,4-5H2/t9-,10+,11+,12-,13-/m1/s1. The molecular weight excluding hydrogens is 314 g/mol. The van der Waals surface area contributed by atoms with Crippen LogP contribution in [-0.4, -0.2) is 67.8 Å². The molecule has 5 atom stereocenters. The fraction of sp³-hybridized carbons (Fsp3) is 0.538. The first kappa shape index (κ1) is 17.5. The van der Waals surface area contributed by atoms with Crippen LogP contribution in [0.15, 0.2) is 18.2 Å². The van der Waals surface area contributed by atoms with Gasteiger partial charge in [0.1, 0.15) is 30.2 Å². The zero-order valence-corrected chi connectivity index (χ0v) is 11.8. The average molecular weight is 331 g/mol. The van der Waals surface area contributed by atoms with Crippen LogP contribution in [0.2, 0.25) is 0 Å². The molecule has 1 aliphatic heterocycles. The number of nitrogens with zero attached hydrogens (tertiary/aromatic N) is 1. The van der Waals surface area contributed by atoms with Gasteiger partial charge in [0.25, 0.3) is 5.69 Å². The van der Waals surface area contributed by atoms with Crippen molar-refractivity contribution in [2.24, 2.45) is 0 Å². The van der Waals surface area contributed by atoms with Gasteiger partial charge >= 0.3 is 0 Å². The topological polar surface area (TPSA) is 163 Å². The summed E-state index contributed by atoms with van der Waals surface area (Å²) in [6.07, 6.45) is -7.33. The third-order valence-electron chi connectivity index (χ3n) is 3.52. The Morgan fingerprint density at radius 3 is 2.43 bits per heavy atom. The van der Waals surface area contributed by atoms with Crippen LogP contribution in [0.4, 0.5) is 5.69 Å². The van der Waals surface area contributed by atoms with Gasteiger partial charge in [0.05, 0.1) is 18.1 Å². The van der Waals surface area contributed by atoms with E-state index in [2.05, 4.69) is 0 Å². The summed E-state index contributed by atoms with van der Waals surface area (Å²) >= 11 is 0. The average Bonchev–Trinajstić information content (AvgIpc) is 2.55. The Morgan fingerprint density at radius 1 is 1.17 bits per heavy atom. The highest BCUT2D eigenvalue weighted by molar-refractivity contribution is 5.43. The molecule has 0 bridgehead atoms. The minimum absolute atomic E-state index is 0.00225. The Balaban J connectivity index is 2.22. The monoisotopic (exact) mass is 331 g/mol. The van der Waals surface area contributed by atoms with E-state index in [0.29, 0.717) is 0 Å². The second-order valence-electron chi connectivity index (χ2n) is 5.02. The molecule has 0 aromatic heterocycles. The molecule has 128 valence electrons. The van der Waals surface area contributed by atoms with E-state index in [1.54, 1.807) is 0 Å². The molecule has 1 fully saturated rings. The molecule has 1 aliphatic rings. The summed E-state index contributed by atoms with van der Waals surface area (Å²) in [5.41, 5.74) is -0.175. The Bertz CT molecular complexity index is 564. The van der Waals surface area contributed by atoms with Gasteiger partial charge < -0.3 is 35.0 Å². The van der Waals surface area contributed by atoms with E-state index in [1.165, 1.54) is 6.07 Å². The third-order valence-corrected chi connectivity index (χ3v) is 3.52. The van der Waals surface area contributed by atoms with Crippen molar-refractivity contribution in [3.63, 3.8) is 0 Å². The van der Waals surface area contributed by atoms with Crippen LogP contribution >= 0.6 is 0 Å². The first-order valence-corrected chi connectivity index (χ1v) is 6.74. The first-order chi connectivity index (χ1) is 10.9. The molecule has 10 heteroatoms. The number of nitro groups is 1. The maximum absolute atomic E-state index is 10.7. The fourth-order valence-corrected chi connectivity index (χ4v) is 2.21. The number of hydrogen-bond acceptors (Lipinski definition) is 9. The number of aliphatic hydroxyl groups excluding tert-OH is 5. The van der Waals surface area contributed by atoms with Crippen molar-refractivity contribution < 1.29 is 39.9 Å². The summed E-state index contributed by atoms with van der Waals surface area (Å²) in [6, 6.07) is 3.45. The lowest BCUT2D eigenvalue weighted by molar-refractivity contribution is -0.385. The van der Waals surface area contributed by atoms with Crippen molar-refractivity contribution in [1.82, 2.24) is 0 Å². The first-order valence-electron chi connectivity index (χ1n) is 6.74. The van der Waals surface area contributed by atoms with Gasteiger partial charge in [-0.3, -0.25) is 10.1 Å². The van der Waals surface area contributed by atoms with Gasteiger partial charge in [0.15, 0.2) is 0 Å². The molecular formula is C13H17NO9. The largest absolute Gasteiger partial charge is 0.462 e. The van der Waals surface area contributed by atoms with Gasteiger partial charge in [-0.2, -0.15) is 0 Å². The van der Waals surface area contributed by atoms with E-state index in [0.717, 1.165) is 12.1 Å². The van der Waals surface area contributed by atoms with Gasteiger partial charge in [0.2, 0.25) is 6.29 Å². The molecule has 0 aliphatic carbocycles. The molecule has 5 N–H and O–H groups in total. The lowest BCUT2D eigenvalue weighted by Crippen LogP contribution is -2.60. The summed E-state index contributed by atoms with van der Waals surface area (Å²) < 4.78 is 10.5. The van der Waals surface area contributed by atoms with Gasteiger partial charge in [-0.25, -0.2) is 0 Å². The summed E-state index contributed by atoms with van der Waals surface area (Å²) in [5, 5.41) is 58.3. The molecule has 0 amide bonds. The van der Waals surface area contributed by atoms with E-state index in [1.807, 2.05) is 0 Å². The molecule has 0 spiro atoms. The molecule has 0 radical (unpaired) electrons. The molecule has 1 aromatic carbocycles. The van der Waals surface area contributed by atoms with Crippen molar-refractivity contribution >= 4 is 5.69 Å². The van der Waals surface area contributed by atoms with E-state index < -0.39 is 48.8 Å². The maximum Gasteiger partial charge on any atom is 0.270 e. The quantitative estimate of drug-likeness (QED) is 0.311. The van der Waals surface area contributed by atoms with Crippen LogP contribution in [0.3, 0.4) is 0 Å². The predicted octanol–water partition coefficient (Wildman–Crippen LogP) is -1.73. The van der Waals surface area contributed by atoms with E-state index >= 15 is 0 Å². The number of nitro benzene ring substituents is 1. The van der Waals surface area contributed by atoms with Crippen molar-refractivity contribution in [3.8, 4) is 5.75 Å². The number of rotatable bonds is 5. The summed E-state index contributed by atoms with van der Waals surface area (Å²) in [4.78, 5) is 10.1. The number of aliphatic hydroxyl groups is 5. The number of non-ortho nitro benzene ring substituents is 1. The zero-order chi connectivity index (χ0) is 17.1. The lowest BCUT2D eigenvalue weighted by Gasteiger charge is -2.39. The second-order valence-corrected chi connectivity index (χ2v) is 5.02. The van der Waals surface area contributed by atoms with Crippen molar-refractivity contribution in [3.05, 3.63) is 33.9 Å². The minimum atomic E-state index is -1.62. The lowest BCUT2D eigenvalue weighted by atomic mass is 9.99. The van der Waals surface area contributed by atoms with Crippen molar-refractivity contribution in [2.75, 3.05) is 6.61 Å². The summed E-state index contributed by atoms with van der Waals surface area (Å²) in [6.45, 7) is -1.17. The Labute approximate surface area is 130 Å². The SMILES string of the molecule is O=[N+]([O-])c1ccc(O[C@@H]2O[C@H](CO)[C@H](O)[C@H](O)[C@H]2O)c(CO)c1. The Kier molecular flexibility index (Phi) is 5.46.